The highest BCUT2D eigenvalue weighted by molar-refractivity contribution is 5.75. The fourth-order valence-electron chi connectivity index (χ4n) is 3.27. The number of aryl methyl sites for hydroxylation is 1. The van der Waals surface area contributed by atoms with Gasteiger partial charge in [0.1, 0.15) is 5.82 Å². The van der Waals surface area contributed by atoms with E-state index < -0.39 is 6.10 Å². The molecule has 3 N–H and O–H groups in total. The summed E-state index contributed by atoms with van der Waals surface area (Å²) in [5, 5.41) is 16.0. The number of amides is 2. The molecule has 2 aromatic carbocycles. The van der Waals surface area contributed by atoms with Crippen molar-refractivity contribution in [3.8, 4) is 0 Å². The lowest BCUT2D eigenvalue weighted by molar-refractivity contribution is 0.135. The van der Waals surface area contributed by atoms with E-state index in [1.807, 2.05) is 30.3 Å². The Morgan fingerprint density at radius 3 is 2.80 bits per heavy atom. The number of fused-ring (bicyclic) bond motifs is 1. The van der Waals surface area contributed by atoms with Crippen molar-refractivity contribution >= 4 is 6.03 Å². The van der Waals surface area contributed by atoms with Crippen molar-refractivity contribution in [2.45, 2.75) is 44.4 Å². The smallest absolute Gasteiger partial charge is 0.315 e. The number of carbonyl (C=O) groups excluding carboxylic acids is 1. The van der Waals surface area contributed by atoms with Gasteiger partial charge in [-0.2, -0.15) is 0 Å². The molecule has 5 heteroatoms. The van der Waals surface area contributed by atoms with E-state index in [1.54, 1.807) is 13.0 Å². The van der Waals surface area contributed by atoms with Crippen LogP contribution >= 0.6 is 0 Å². The van der Waals surface area contributed by atoms with Crippen LogP contribution in [-0.4, -0.2) is 23.3 Å². The van der Waals surface area contributed by atoms with Gasteiger partial charge in [0.15, 0.2) is 0 Å². The van der Waals surface area contributed by atoms with Crippen LogP contribution in [0, 0.1) is 5.82 Å². The van der Waals surface area contributed by atoms with Crippen LogP contribution in [0.5, 0.6) is 0 Å². The lowest BCUT2D eigenvalue weighted by Crippen LogP contribution is -2.47. The zero-order valence-electron chi connectivity index (χ0n) is 14.2. The first-order chi connectivity index (χ1) is 12.0. The van der Waals surface area contributed by atoms with Crippen molar-refractivity contribution in [2.75, 3.05) is 0 Å². The van der Waals surface area contributed by atoms with Gasteiger partial charge in [-0.3, -0.25) is 0 Å². The van der Waals surface area contributed by atoms with Gasteiger partial charge in [0, 0.05) is 6.42 Å². The number of nitrogens with one attached hydrogen (secondary N) is 2. The van der Waals surface area contributed by atoms with Crippen LogP contribution in [-0.2, 0) is 12.8 Å². The molecule has 3 rings (SSSR count). The predicted molar refractivity (Wildman–Crippen MR) is 94.7 cm³/mol. The molecule has 4 nitrogen and oxygen atoms in total. The Morgan fingerprint density at radius 1 is 1.28 bits per heavy atom. The van der Waals surface area contributed by atoms with Crippen molar-refractivity contribution in [3.63, 3.8) is 0 Å². The Balaban J connectivity index is 1.53. The van der Waals surface area contributed by atoms with Gasteiger partial charge < -0.3 is 15.7 Å². The molecule has 0 heterocycles. The average molecular weight is 342 g/mol. The zero-order valence-corrected chi connectivity index (χ0v) is 14.2. The Hall–Kier alpha value is -2.40. The molecule has 3 unspecified atom stereocenters. The number of aliphatic hydroxyl groups is 1. The molecule has 132 valence electrons. The first-order valence-corrected chi connectivity index (χ1v) is 8.60. The molecule has 0 aliphatic heterocycles. The molecule has 3 atom stereocenters. The van der Waals surface area contributed by atoms with Crippen LogP contribution in [0.4, 0.5) is 9.18 Å². The maximum atomic E-state index is 13.3. The van der Waals surface area contributed by atoms with Gasteiger partial charge in [-0.25, -0.2) is 9.18 Å². The van der Waals surface area contributed by atoms with Gasteiger partial charge in [-0.15, -0.1) is 0 Å². The molecule has 0 saturated heterocycles. The Morgan fingerprint density at radius 2 is 2.04 bits per heavy atom. The summed E-state index contributed by atoms with van der Waals surface area (Å²) in [5.41, 5.74) is 2.94. The number of rotatable bonds is 5. The molecule has 1 aliphatic carbocycles. The van der Waals surface area contributed by atoms with Crippen LogP contribution in [0.2, 0.25) is 0 Å². The molecule has 0 spiro atoms. The second-order valence-corrected chi connectivity index (χ2v) is 6.60. The summed E-state index contributed by atoms with van der Waals surface area (Å²) >= 11 is 0. The van der Waals surface area contributed by atoms with Crippen molar-refractivity contribution in [1.82, 2.24) is 10.6 Å². The Bertz CT molecular complexity index is 736. The largest absolute Gasteiger partial charge is 0.391 e. The van der Waals surface area contributed by atoms with Crippen LogP contribution < -0.4 is 10.6 Å². The molecule has 0 bridgehead atoms. The molecule has 2 amide bonds. The molecule has 0 saturated carbocycles. The minimum absolute atomic E-state index is 0.117. The van der Waals surface area contributed by atoms with Crippen LogP contribution in [0.1, 0.15) is 36.1 Å². The summed E-state index contributed by atoms with van der Waals surface area (Å²) in [6.45, 7) is 1.78. The molecule has 0 aromatic heterocycles. The SMILES string of the molecule is CC(NC(=O)NC1CCc2cc(F)ccc21)C(O)Cc1ccccc1. The van der Waals surface area contributed by atoms with Gasteiger partial charge >= 0.3 is 6.03 Å². The van der Waals surface area contributed by atoms with E-state index in [-0.39, 0.29) is 23.9 Å². The van der Waals surface area contributed by atoms with Crippen molar-refractivity contribution in [2.24, 2.45) is 0 Å². The van der Waals surface area contributed by atoms with E-state index in [0.717, 1.165) is 29.5 Å². The normalized spacial score (nSPS) is 18.3. The van der Waals surface area contributed by atoms with E-state index in [0.29, 0.717) is 6.42 Å². The van der Waals surface area contributed by atoms with Gasteiger partial charge in [-0.05, 0) is 48.6 Å². The van der Waals surface area contributed by atoms with E-state index in [2.05, 4.69) is 10.6 Å². The summed E-state index contributed by atoms with van der Waals surface area (Å²) in [7, 11) is 0. The standard InChI is InChI=1S/C20H23FN2O2/c1-13(19(24)11-14-5-3-2-4-6-14)22-20(25)23-18-10-7-15-12-16(21)8-9-17(15)18/h2-6,8-9,12-13,18-19,24H,7,10-11H2,1H3,(H2,22,23,25). The molecular formula is C20H23FN2O2. The maximum absolute atomic E-state index is 13.3. The average Bonchev–Trinajstić information content (AvgIpc) is 2.97. The summed E-state index contributed by atoms with van der Waals surface area (Å²) < 4.78 is 13.3. The highest BCUT2D eigenvalue weighted by atomic mass is 19.1. The van der Waals surface area contributed by atoms with E-state index in [9.17, 15) is 14.3 Å². The fourth-order valence-corrected chi connectivity index (χ4v) is 3.27. The Labute approximate surface area is 147 Å². The van der Waals surface area contributed by atoms with Crippen LogP contribution in [0.25, 0.3) is 0 Å². The maximum Gasteiger partial charge on any atom is 0.315 e. The lowest BCUT2D eigenvalue weighted by atomic mass is 10.0. The number of urea groups is 1. The molecular weight excluding hydrogens is 319 g/mol. The molecule has 2 aromatic rings. The Kier molecular flexibility index (Phi) is 5.34. The number of hydrogen-bond acceptors (Lipinski definition) is 2. The third kappa shape index (κ3) is 4.37. The second-order valence-electron chi connectivity index (χ2n) is 6.60. The van der Waals surface area contributed by atoms with Gasteiger partial charge in [-0.1, -0.05) is 36.4 Å². The predicted octanol–water partition coefficient (Wildman–Crippen LogP) is 3.10. The summed E-state index contributed by atoms with van der Waals surface area (Å²) in [6, 6.07) is 13.5. The minimum Gasteiger partial charge on any atom is -0.391 e. The molecule has 0 fully saturated rings. The highest BCUT2D eigenvalue weighted by Crippen LogP contribution is 2.31. The minimum atomic E-state index is -0.668. The first-order valence-electron chi connectivity index (χ1n) is 8.60. The number of halogens is 1. The van der Waals surface area contributed by atoms with Gasteiger partial charge in [0.25, 0.3) is 0 Å². The quantitative estimate of drug-likeness (QED) is 0.782. The molecule has 25 heavy (non-hydrogen) atoms. The zero-order chi connectivity index (χ0) is 17.8. The summed E-state index contributed by atoms with van der Waals surface area (Å²) in [6.07, 6.45) is 1.32. The third-order valence-corrected chi connectivity index (χ3v) is 4.71. The van der Waals surface area contributed by atoms with Crippen molar-refractivity contribution < 1.29 is 14.3 Å². The summed E-state index contributed by atoms with van der Waals surface area (Å²) in [5.74, 6) is -0.249. The molecule has 1 aliphatic rings. The van der Waals surface area contributed by atoms with Crippen LogP contribution in [0.3, 0.4) is 0 Å². The number of carbonyl (C=O) groups is 1. The van der Waals surface area contributed by atoms with Crippen LogP contribution in [0.15, 0.2) is 48.5 Å². The fraction of sp³-hybridized carbons (Fsp3) is 0.350. The highest BCUT2D eigenvalue weighted by Gasteiger charge is 2.25. The van der Waals surface area contributed by atoms with Crippen molar-refractivity contribution in [3.05, 3.63) is 71.0 Å². The van der Waals surface area contributed by atoms with Crippen molar-refractivity contribution in [1.29, 1.82) is 0 Å². The summed E-state index contributed by atoms with van der Waals surface area (Å²) in [4.78, 5) is 12.2. The second kappa shape index (κ2) is 7.66. The number of benzene rings is 2. The number of hydrogen-bond donors (Lipinski definition) is 3. The first kappa shape index (κ1) is 17.4. The van der Waals surface area contributed by atoms with E-state index in [1.165, 1.54) is 12.1 Å². The molecule has 0 radical (unpaired) electrons. The number of aliphatic hydroxyl groups excluding tert-OH is 1. The van der Waals surface area contributed by atoms with E-state index in [4.69, 9.17) is 0 Å². The van der Waals surface area contributed by atoms with Gasteiger partial charge in [0.2, 0.25) is 0 Å². The lowest BCUT2D eigenvalue weighted by Gasteiger charge is -2.22. The monoisotopic (exact) mass is 342 g/mol. The topological polar surface area (TPSA) is 61.4 Å². The third-order valence-electron chi connectivity index (χ3n) is 4.71. The van der Waals surface area contributed by atoms with E-state index >= 15 is 0 Å². The van der Waals surface area contributed by atoms with Gasteiger partial charge in [0.05, 0.1) is 18.2 Å².